The summed E-state index contributed by atoms with van der Waals surface area (Å²) < 4.78 is 5.83. The highest BCUT2D eigenvalue weighted by Crippen LogP contribution is 2.28. The van der Waals surface area contributed by atoms with E-state index in [4.69, 9.17) is 15.3 Å². The van der Waals surface area contributed by atoms with E-state index in [0.717, 1.165) is 24.8 Å². The Morgan fingerprint density at radius 1 is 1.00 bits per heavy atom. The Hall–Kier alpha value is -3.68. The van der Waals surface area contributed by atoms with Crippen LogP contribution in [0.4, 0.5) is 0 Å². The molecule has 39 heavy (non-hydrogen) atoms. The van der Waals surface area contributed by atoms with Crippen molar-refractivity contribution in [3.05, 3.63) is 65.2 Å². The lowest BCUT2D eigenvalue weighted by Crippen LogP contribution is -2.35. The molecule has 0 unspecified atom stereocenters. The second-order valence-corrected chi connectivity index (χ2v) is 11.4. The molecule has 1 atom stereocenters. The van der Waals surface area contributed by atoms with Crippen LogP contribution in [0.5, 0.6) is 5.75 Å². The second kappa shape index (κ2) is 15.0. The van der Waals surface area contributed by atoms with Crippen LogP contribution in [-0.2, 0) is 9.59 Å². The third-order valence-corrected chi connectivity index (χ3v) is 6.23. The van der Waals surface area contributed by atoms with Gasteiger partial charge in [-0.25, -0.2) is 0 Å². The minimum Gasteiger partial charge on any atom is -0.494 e. The number of nitrogens with one attached hydrogen (secondary N) is 3. The summed E-state index contributed by atoms with van der Waals surface area (Å²) in [5, 5.41) is 22.9. The van der Waals surface area contributed by atoms with Crippen molar-refractivity contribution in [3.8, 4) is 5.75 Å². The number of benzene rings is 2. The fourth-order valence-corrected chi connectivity index (χ4v) is 3.94. The third-order valence-electron chi connectivity index (χ3n) is 6.23. The van der Waals surface area contributed by atoms with Gasteiger partial charge in [0.15, 0.2) is 0 Å². The van der Waals surface area contributed by atoms with Gasteiger partial charge in [0.05, 0.1) is 19.1 Å². The smallest absolute Gasteiger partial charge is 0.305 e. The van der Waals surface area contributed by atoms with Crippen LogP contribution < -0.4 is 15.4 Å². The summed E-state index contributed by atoms with van der Waals surface area (Å²) in [5.41, 5.74) is 1.61. The van der Waals surface area contributed by atoms with Crippen LogP contribution in [0.2, 0.25) is 0 Å². The Balaban J connectivity index is 2.11. The summed E-state index contributed by atoms with van der Waals surface area (Å²) in [6.07, 6.45) is 3.36. The van der Waals surface area contributed by atoms with Gasteiger partial charge >= 0.3 is 5.97 Å². The highest BCUT2D eigenvalue weighted by atomic mass is 16.5. The third kappa shape index (κ3) is 11.7. The molecule has 0 heterocycles. The zero-order chi connectivity index (χ0) is 29.0. The molecule has 8 nitrogen and oxygen atoms in total. The van der Waals surface area contributed by atoms with Crippen molar-refractivity contribution in [1.82, 2.24) is 10.6 Å². The average molecular weight is 538 g/mol. The lowest BCUT2D eigenvalue weighted by Gasteiger charge is -2.25. The summed E-state index contributed by atoms with van der Waals surface area (Å²) in [4.78, 5) is 36.2. The Bertz CT molecular complexity index is 1120. The van der Waals surface area contributed by atoms with Crippen LogP contribution in [0.15, 0.2) is 48.5 Å². The number of amides is 2. The first-order valence-electron chi connectivity index (χ1n) is 13.6. The van der Waals surface area contributed by atoms with E-state index in [0.29, 0.717) is 35.8 Å². The van der Waals surface area contributed by atoms with Crippen LogP contribution >= 0.6 is 0 Å². The van der Waals surface area contributed by atoms with Crippen LogP contribution in [0, 0.1) is 16.7 Å². The SMILES string of the molecule is CC(C)CCCOc1cccc(C(=N)C(=O)N[C@H](CCC(C)(C)C)c2ccc(C(=O)NCCC(=O)O)cc2)c1. The number of rotatable bonds is 15. The number of hydrogen-bond donors (Lipinski definition) is 4. The predicted molar refractivity (Wildman–Crippen MR) is 153 cm³/mol. The van der Waals surface area contributed by atoms with Gasteiger partial charge in [-0.05, 0) is 66.8 Å². The molecule has 4 N–H and O–H groups in total. The van der Waals surface area contributed by atoms with Crippen molar-refractivity contribution in [1.29, 1.82) is 5.41 Å². The molecular weight excluding hydrogens is 494 g/mol. The summed E-state index contributed by atoms with van der Waals surface area (Å²) in [6.45, 7) is 11.4. The number of carboxylic acids is 1. The normalized spacial score (nSPS) is 12.1. The quantitative estimate of drug-likeness (QED) is 0.170. The fraction of sp³-hybridized carbons (Fsp3) is 0.484. The van der Waals surface area contributed by atoms with E-state index in [9.17, 15) is 14.4 Å². The van der Waals surface area contributed by atoms with Gasteiger partial charge in [0.2, 0.25) is 0 Å². The van der Waals surface area contributed by atoms with Crippen molar-refractivity contribution in [2.45, 2.75) is 72.8 Å². The highest BCUT2D eigenvalue weighted by Gasteiger charge is 2.22. The van der Waals surface area contributed by atoms with E-state index < -0.39 is 11.9 Å². The lowest BCUT2D eigenvalue weighted by atomic mass is 9.87. The van der Waals surface area contributed by atoms with Gasteiger partial charge in [-0.2, -0.15) is 0 Å². The number of carbonyl (C=O) groups is 3. The molecule has 0 aliphatic heterocycles. The largest absolute Gasteiger partial charge is 0.494 e. The first-order valence-corrected chi connectivity index (χ1v) is 13.6. The topological polar surface area (TPSA) is 129 Å². The van der Waals surface area contributed by atoms with E-state index in [1.807, 2.05) is 6.07 Å². The number of hydrogen-bond acceptors (Lipinski definition) is 5. The zero-order valence-corrected chi connectivity index (χ0v) is 23.8. The molecule has 0 radical (unpaired) electrons. The van der Waals surface area contributed by atoms with Crippen molar-refractivity contribution in [3.63, 3.8) is 0 Å². The molecule has 8 heteroatoms. The van der Waals surface area contributed by atoms with Crippen LogP contribution in [-0.4, -0.2) is 41.8 Å². The maximum absolute atomic E-state index is 13.2. The maximum atomic E-state index is 13.2. The van der Waals surface area contributed by atoms with E-state index in [-0.39, 0.29) is 36.0 Å². The van der Waals surface area contributed by atoms with Gasteiger partial charge in [-0.15, -0.1) is 0 Å². The summed E-state index contributed by atoms with van der Waals surface area (Å²) in [5.74, 6) is -0.572. The maximum Gasteiger partial charge on any atom is 0.305 e. The monoisotopic (exact) mass is 537 g/mol. The molecule has 0 aromatic heterocycles. The minimum absolute atomic E-state index is 0.0433. The van der Waals surface area contributed by atoms with Crippen LogP contribution in [0.1, 0.15) is 94.2 Å². The van der Waals surface area contributed by atoms with Crippen LogP contribution in [0.3, 0.4) is 0 Å². The minimum atomic E-state index is -0.977. The molecule has 2 amide bonds. The number of carbonyl (C=O) groups excluding carboxylic acids is 2. The van der Waals surface area contributed by atoms with Crippen molar-refractivity contribution >= 4 is 23.5 Å². The molecule has 2 aromatic rings. The van der Waals surface area contributed by atoms with Gasteiger partial charge in [0, 0.05) is 17.7 Å². The first-order chi connectivity index (χ1) is 18.4. The van der Waals surface area contributed by atoms with Crippen LogP contribution in [0.25, 0.3) is 0 Å². The molecular formula is C31H43N3O5. The molecule has 2 rings (SSSR count). The molecule has 0 bridgehead atoms. The molecule has 212 valence electrons. The molecule has 0 saturated heterocycles. The molecule has 0 aliphatic rings. The Kier molecular flexibility index (Phi) is 12.2. The number of ether oxygens (including phenoxy) is 1. The van der Waals surface area contributed by atoms with Crippen molar-refractivity contribution < 1.29 is 24.2 Å². The van der Waals surface area contributed by atoms with E-state index in [2.05, 4.69) is 45.3 Å². The Morgan fingerprint density at radius 2 is 1.69 bits per heavy atom. The molecule has 0 aliphatic carbocycles. The molecule has 2 aromatic carbocycles. The van der Waals surface area contributed by atoms with E-state index >= 15 is 0 Å². The number of carboxylic acid groups (broad SMARTS) is 1. The molecule has 0 spiro atoms. The first kappa shape index (κ1) is 31.5. The zero-order valence-electron chi connectivity index (χ0n) is 23.8. The van der Waals surface area contributed by atoms with Gasteiger partial charge in [0.1, 0.15) is 11.5 Å². The van der Waals surface area contributed by atoms with Crippen molar-refractivity contribution in [2.75, 3.05) is 13.2 Å². The van der Waals surface area contributed by atoms with Gasteiger partial charge < -0.3 is 20.5 Å². The summed E-state index contributed by atoms with van der Waals surface area (Å²) >= 11 is 0. The fourth-order valence-electron chi connectivity index (χ4n) is 3.94. The van der Waals surface area contributed by atoms with E-state index in [1.165, 1.54) is 0 Å². The lowest BCUT2D eigenvalue weighted by molar-refractivity contribution is -0.136. The Labute approximate surface area is 232 Å². The van der Waals surface area contributed by atoms with E-state index in [1.54, 1.807) is 42.5 Å². The highest BCUT2D eigenvalue weighted by molar-refractivity contribution is 6.44. The predicted octanol–water partition coefficient (Wildman–Crippen LogP) is 5.76. The van der Waals surface area contributed by atoms with Gasteiger partial charge in [-0.3, -0.25) is 19.8 Å². The second-order valence-electron chi connectivity index (χ2n) is 11.4. The van der Waals surface area contributed by atoms with Gasteiger partial charge in [-0.1, -0.05) is 58.9 Å². The summed E-state index contributed by atoms with van der Waals surface area (Å²) in [7, 11) is 0. The molecule has 0 saturated carbocycles. The van der Waals surface area contributed by atoms with Gasteiger partial charge in [0.25, 0.3) is 11.8 Å². The number of aliphatic carboxylic acids is 1. The summed E-state index contributed by atoms with van der Waals surface area (Å²) in [6, 6.07) is 13.6. The standard InChI is InChI=1S/C31H43N3O5/c1-21(2)8-7-19-39-25-10-6-9-24(20-25)28(32)30(38)34-26(15-17-31(3,4)5)22-11-13-23(14-12-22)29(37)33-18-16-27(35)36/h6,9-14,20-21,26,32H,7-8,15-19H2,1-5H3,(H,33,37)(H,34,38)(H,35,36)/t26-/m1/s1. The molecule has 0 fully saturated rings. The Morgan fingerprint density at radius 3 is 2.31 bits per heavy atom. The van der Waals surface area contributed by atoms with Crippen molar-refractivity contribution in [2.24, 2.45) is 11.3 Å². The average Bonchev–Trinajstić information content (AvgIpc) is 2.88.